The number of benzene rings is 3. The van der Waals surface area contributed by atoms with Crippen molar-refractivity contribution in [3.8, 4) is 0 Å². The summed E-state index contributed by atoms with van der Waals surface area (Å²) in [5.41, 5.74) is 0.446. The predicted molar refractivity (Wildman–Crippen MR) is 135 cm³/mol. The molecule has 0 aliphatic heterocycles. The van der Waals surface area contributed by atoms with E-state index in [1.807, 2.05) is 42.5 Å². The Hall–Kier alpha value is -3.18. The molecule has 2 saturated carbocycles. The average molecular weight is 475 g/mol. The Bertz CT molecular complexity index is 1340. The van der Waals surface area contributed by atoms with Crippen LogP contribution in [0, 0.1) is 16.2 Å². The van der Waals surface area contributed by atoms with Crippen LogP contribution < -0.4 is 5.32 Å². The maximum atomic E-state index is 13.9. The number of halogens is 1. The molecule has 2 atom stereocenters. The van der Waals surface area contributed by atoms with Gasteiger partial charge in [0.2, 0.25) is 5.91 Å². The largest absolute Gasteiger partial charge is 0.367 e. The Balaban J connectivity index is 1.44. The van der Waals surface area contributed by atoms with Crippen LogP contribution in [0.3, 0.4) is 0 Å². The molecule has 5 rings (SSSR count). The molecule has 0 radical (unpaired) electrons. The number of carbonyl (C=O) groups is 2. The molecule has 2 aliphatic rings. The van der Waals surface area contributed by atoms with Crippen LogP contribution in [0.25, 0.3) is 10.8 Å². The van der Waals surface area contributed by atoms with E-state index in [2.05, 4.69) is 31.2 Å². The minimum atomic E-state index is -0.645. The minimum absolute atomic E-state index is 0.0137. The van der Waals surface area contributed by atoms with Crippen molar-refractivity contribution in [2.24, 2.45) is 21.4 Å². The second-order valence-electron chi connectivity index (χ2n) is 10.1. The maximum Gasteiger partial charge on any atom is 0.367 e. The van der Waals surface area contributed by atoms with Crippen LogP contribution in [0.2, 0.25) is 5.02 Å². The Morgan fingerprint density at radius 1 is 0.941 bits per heavy atom. The van der Waals surface area contributed by atoms with Crippen molar-refractivity contribution in [1.29, 1.82) is 0 Å². The molecule has 5 nitrogen and oxygen atoms in total. The smallest absolute Gasteiger partial charge is 0.325 e. The summed E-state index contributed by atoms with van der Waals surface area (Å²) in [5.74, 6) is -0.614. The van der Waals surface area contributed by atoms with Gasteiger partial charge in [0.15, 0.2) is 0 Å². The van der Waals surface area contributed by atoms with Gasteiger partial charge in [0.05, 0.1) is 21.7 Å². The molecule has 2 unspecified atom stereocenters. The number of hydrogen-bond donors (Lipinski definition) is 1. The number of anilines is 1. The molecule has 1 amide bonds. The van der Waals surface area contributed by atoms with Gasteiger partial charge in [-0.2, -0.15) is 0 Å². The monoisotopic (exact) mass is 474 g/mol. The molecular weight excluding hydrogens is 448 g/mol. The first kappa shape index (κ1) is 22.6. The summed E-state index contributed by atoms with van der Waals surface area (Å²) < 4.78 is 0. The summed E-state index contributed by atoms with van der Waals surface area (Å²) in [6, 6.07) is 20.7. The van der Waals surface area contributed by atoms with Gasteiger partial charge in [-0.25, -0.2) is 4.79 Å². The van der Waals surface area contributed by atoms with Crippen LogP contribution in [-0.4, -0.2) is 17.6 Å². The molecular formula is C28H27ClN2O3. The lowest BCUT2D eigenvalue weighted by molar-refractivity contribution is -0.130. The first-order chi connectivity index (χ1) is 16.2. The molecule has 6 heteroatoms. The molecule has 0 heterocycles. The zero-order chi connectivity index (χ0) is 24.1. The van der Waals surface area contributed by atoms with Crippen LogP contribution in [0.1, 0.15) is 50.4 Å². The van der Waals surface area contributed by atoms with E-state index in [-0.39, 0.29) is 22.3 Å². The van der Waals surface area contributed by atoms with Crippen LogP contribution in [0.5, 0.6) is 0 Å². The molecule has 1 N–H and O–H groups in total. The van der Waals surface area contributed by atoms with Crippen molar-refractivity contribution in [3.63, 3.8) is 0 Å². The topological polar surface area (TPSA) is 67.8 Å². The molecule has 3 aromatic rings. The number of nitrogens with zero attached hydrogens (tertiary/aromatic N) is 1. The second-order valence-corrected chi connectivity index (χ2v) is 10.5. The third kappa shape index (κ3) is 3.17. The molecule has 0 spiro atoms. The van der Waals surface area contributed by atoms with E-state index in [9.17, 15) is 9.59 Å². The standard InChI is InChI=1S/C28H27ClN2O3/c1-26(2)27(3)15-16-28(26,17-23(27)31-34-24(32)20-12-6-7-13-21(20)29)25(33)30-22-14-8-10-18-9-4-5-11-19(18)22/h4-14H,15-17H2,1-3H3,(H,30,33)/b31-23+. The predicted octanol–water partition coefficient (Wildman–Crippen LogP) is 6.86. The first-order valence-electron chi connectivity index (χ1n) is 11.5. The zero-order valence-electron chi connectivity index (χ0n) is 19.5. The molecule has 2 fully saturated rings. The van der Waals surface area contributed by atoms with Gasteiger partial charge in [-0.05, 0) is 41.8 Å². The lowest BCUT2D eigenvalue weighted by Crippen LogP contribution is -2.43. The number of oxime groups is 1. The highest BCUT2D eigenvalue weighted by Crippen LogP contribution is 2.71. The van der Waals surface area contributed by atoms with Gasteiger partial charge in [0.25, 0.3) is 0 Å². The Kier molecular flexibility index (Phi) is 5.28. The lowest BCUT2D eigenvalue weighted by Gasteiger charge is -2.39. The van der Waals surface area contributed by atoms with E-state index < -0.39 is 11.4 Å². The summed E-state index contributed by atoms with van der Waals surface area (Å²) >= 11 is 6.13. The first-order valence-corrected chi connectivity index (χ1v) is 11.9. The van der Waals surface area contributed by atoms with Crippen molar-refractivity contribution in [2.45, 2.75) is 40.0 Å². The highest BCUT2D eigenvalue weighted by Gasteiger charge is 2.71. The van der Waals surface area contributed by atoms with Gasteiger partial charge < -0.3 is 10.2 Å². The van der Waals surface area contributed by atoms with Crippen LogP contribution in [0.15, 0.2) is 71.9 Å². The SMILES string of the molecule is CC12CCC(C(=O)Nc3cccc4ccccc34)(C/C1=N\OC(=O)c1ccccc1Cl)C2(C)C. The van der Waals surface area contributed by atoms with Gasteiger partial charge in [-0.15, -0.1) is 0 Å². The number of nitrogens with one attached hydrogen (secondary N) is 1. The number of hydrogen-bond acceptors (Lipinski definition) is 4. The van der Waals surface area contributed by atoms with E-state index in [1.54, 1.807) is 24.3 Å². The van der Waals surface area contributed by atoms with E-state index in [4.69, 9.17) is 16.4 Å². The van der Waals surface area contributed by atoms with Gasteiger partial charge in [-0.1, -0.05) is 86.1 Å². The van der Waals surface area contributed by atoms with Gasteiger partial charge in [0.1, 0.15) is 0 Å². The molecule has 0 saturated heterocycles. The third-order valence-electron chi connectivity index (χ3n) is 8.54. The minimum Gasteiger partial charge on any atom is -0.325 e. The fraction of sp³-hybridized carbons (Fsp3) is 0.321. The molecule has 0 aromatic heterocycles. The Morgan fingerprint density at radius 3 is 2.44 bits per heavy atom. The van der Waals surface area contributed by atoms with Crippen LogP contribution >= 0.6 is 11.6 Å². The average Bonchev–Trinajstić information content (AvgIpc) is 3.14. The van der Waals surface area contributed by atoms with Crippen LogP contribution in [-0.2, 0) is 9.63 Å². The van der Waals surface area contributed by atoms with E-state index in [1.165, 1.54) is 0 Å². The highest BCUT2D eigenvalue weighted by molar-refractivity contribution is 6.33. The van der Waals surface area contributed by atoms with E-state index in [0.717, 1.165) is 35.0 Å². The normalized spacial score (nSPS) is 26.1. The summed E-state index contributed by atoms with van der Waals surface area (Å²) in [5, 5.41) is 9.92. The summed E-state index contributed by atoms with van der Waals surface area (Å²) in [7, 11) is 0. The van der Waals surface area contributed by atoms with E-state index in [0.29, 0.717) is 11.4 Å². The fourth-order valence-corrected chi connectivity index (χ4v) is 6.08. The third-order valence-corrected chi connectivity index (χ3v) is 8.87. The van der Waals surface area contributed by atoms with Crippen LogP contribution in [0.4, 0.5) is 5.69 Å². The molecule has 3 aromatic carbocycles. The van der Waals surface area contributed by atoms with Crippen molar-refractivity contribution in [3.05, 3.63) is 77.3 Å². The van der Waals surface area contributed by atoms with Crippen molar-refractivity contribution < 1.29 is 14.4 Å². The fourth-order valence-electron chi connectivity index (χ4n) is 5.87. The molecule has 34 heavy (non-hydrogen) atoms. The summed E-state index contributed by atoms with van der Waals surface area (Å²) in [4.78, 5) is 31.8. The number of carbonyl (C=O) groups excluding carboxylic acids is 2. The summed E-state index contributed by atoms with van der Waals surface area (Å²) in [6.07, 6.45) is 2.00. The molecule has 174 valence electrons. The molecule has 2 aliphatic carbocycles. The van der Waals surface area contributed by atoms with Crippen molar-refractivity contribution >= 4 is 45.6 Å². The quantitative estimate of drug-likeness (QED) is 0.331. The number of rotatable bonds is 4. The Morgan fingerprint density at radius 2 is 1.65 bits per heavy atom. The van der Waals surface area contributed by atoms with Gasteiger partial charge in [0, 0.05) is 22.9 Å². The highest BCUT2D eigenvalue weighted by atomic mass is 35.5. The second kappa shape index (κ2) is 7.95. The lowest BCUT2D eigenvalue weighted by atomic mass is 9.64. The Labute approximate surface area is 204 Å². The van der Waals surface area contributed by atoms with Gasteiger partial charge in [-0.3, -0.25) is 4.79 Å². The number of fused-ring (bicyclic) bond motifs is 3. The number of amides is 1. The maximum absolute atomic E-state index is 13.9. The van der Waals surface area contributed by atoms with Crippen molar-refractivity contribution in [2.75, 3.05) is 5.32 Å². The van der Waals surface area contributed by atoms with Crippen molar-refractivity contribution in [1.82, 2.24) is 0 Å². The van der Waals surface area contributed by atoms with Gasteiger partial charge >= 0.3 is 5.97 Å². The zero-order valence-corrected chi connectivity index (χ0v) is 20.3. The summed E-state index contributed by atoms with van der Waals surface area (Å²) in [6.45, 7) is 6.37. The molecule has 2 bridgehead atoms. The van der Waals surface area contributed by atoms with E-state index >= 15 is 0 Å².